The monoisotopic (exact) mass is 193 g/mol. The van der Waals surface area contributed by atoms with Crippen LogP contribution in [-0.4, -0.2) is 18.8 Å². The van der Waals surface area contributed by atoms with Crippen molar-refractivity contribution in [3.8, 4) is 0 Å². The maximum absolute atomic E-state index is 12.4. The van der Waals surface area contributed by atoms with Crippen LogP contribution < -0.4 is 5.32 Å². The van der Waals surface area contributed by atoms with Gasteiger partial charge in [-0.2, -0.15) is 13.2 Å². The van der Waals surface area contributed by atoms with E-state index in [-0.39, 0.29) is 6.04 Å². The van der Waals surface area contributed by atoms with Crippen molar-refractivity contribution >= 4 is 0 Å². The highest BCUT2D eigenvalue weighted by Crippen LogP contribution is 2.41. The quantitative estimate of drug-likeness (QED) is 0.622. The average molecular weight is 193 g/mol. The molecule has 1 saturated heterocycles. The minimum absolute atomic E-state index is 0.139. The molecule has 1 saturated carbocycles. The second kappa shape index (κ2) is 3.15. The summed E-state index contributed by atoms with van der Waals surface area (Å²) in [6.45, 7) is 0.903. The van der Waals surface area contributed by atoms with Gasteiger partial charge in [-0.05, 0) is 38.1 Å². The fourth-order valence-corrected chi connectivity index (χ4v) is 2.58. The van der Waals surface area contributed by atoms with Gasteiger partial charge in [-0.15, -0.1) is 0 Å². The second-order valence-corrected chi connectivity index (χ2v) is 4.16. The van der Waals surface area contributed by atoms with Crippen LogP contribution in [0.15, 0.2) is 0 Å². The SMILES string of the molecule is FC(F)(F)C1CCC2CCNC2C1. The zero-order valence-corrected chi connectivity index (χ0v) is 7.40. The highest BCUT2D eigenvalue weighted by atomic mass is 19.4. The summed E-state index contributed by atoms with van der Waals surface area (Å²) in [5.41, 5.74) is 0. The molecule has 4 heteroatoms. The lowest BCUT2D eigenvalue weighted by Gasteiger charge is -2.32. The smallest absolute Gasteiger partial charge is 0.314 e. The largest absolute Gasteiger partial charge is 0.391 e. The molecule has 3 unspecified atom stereocenters. The summed E-state index contributed by atoms with van der Waals surface area (Å²) in [5, 5.41) is 3.16. The molecule has 13 heavy (non-hydrogen) atoms. The molecule has 2 rings (SSSR count). The summed E-state index contributed by atoms with van der Waals surface area (Å²) < 4.78 is 37.1. The lowest BCUT2D eigenvalue weighted by Crippen LogP contribution is -2.38. The van der Waals surface area contributed by atoms with Crippen LogP contribution in [0.3, 0.4) is 0 Å². The van der Waals surface area contributed by atoms with Gasteiger partial charge in [0.25, 0.3) is 0 Å². The van der Waals surface area contributed by atoms with Gasteiger partial charge in [0.2, 0.25) is 0 Å². The molecule has 0 aromatic carbocycles. The molecular weight excluding hydrogens is 179 g/mol. The third-order valence-corrected chi connectivity index (χ3v) is 3.38. The minimum atomic E-state index is -3.98. The molecular formula is C9H14F3N. The van der Waals surface area contributed by atoms with Gasteiger partial charge >= 0.3 is 6.18 Å². The summed E-state index contributed by atoms with van der Waals surface area (Å²) in [4.78, 5) is 0. The molecule has 0 radical (unpaired) electrons. The highest BCUT2D eigenvalue weighted by molar-refractivity contribution is 4.91. The van der Waals surface area contributed by atoms with E-state index in [0.717, 1.165) is 19.4 Å². The van der Waals surface area contributed by atoms with Crippen molar-refractivity contribution in [2.75, 3.05) is 6.54 Å². The number of rotatable bonds is 0. The molecule has 76 valence electrons. The van der Waals surface area contributed by atoms with Gasteiger partial charge in [-0.25, -0.2) is 0 Å². The van der Waals surface area contributed by atoms with Gasteiger partial charge < -0.3 is 5.32 Å². The maximum atomic E-state index is 12.4. The van der Waals surface area contributed by atoms with Gasteiger partial charge in [-0.1, -0.05) is 0 Å². The number of fused-ring (bicyclic) bond motifs is 1. The van der Waals surface area contributed by atoms with Crippen molar-refractivity contribution in [3.05, 3.63) is 0 Å². The minimum Gasteiger partial charge on any atom is -0.314 e. The van der Waals surface area contributed by atoms with Crippen molar-refractivity contribution in [1.82, 2.24) is 5.32 Å². The topological polar surface area (TPSA) is 12.0 Å². The second-order valence-electron chi connectivity index (χ2n) is 4.16. The van der Waals surface area contributed by atoms with Crippen LogP contribution in [0.5, 0.6) is 0 Å². The van der Waals surface area contributed by atoms with E-state index in [1.807, 2.05) is 0 Å². The highest BCUT2D eigenvalue weighted by Gasteiger charge is 2.45. The van der Waals surface area contributed by atoms with E-state index in [9.17, 15) is 13.2 Å². The summed E-state index contributed by atoms with van der Waals surface area (Å²) in [5.74, 6) is -0.544. The predicted molar refractivity (Wildman–Crippen MR) is 43.3 cm³/mol. The standard InChI is InChI=1S/C9H14F3N/c10-9(11,12)7-2-1-6-3-4-13-8(6)5-7/h6-8,13H,1-5H2. The molecule has 1 nitrogen and oxygen atoms in total. The summed E-state index contributed by atoms with van der Waals surface area (Å²) in [6.07, 6.45) is -1.52. The first kappa shape index (κ1) is 9.31. The van der Waals surface area contributed by atoms with Crippen LogP contribution in [0.25, 0.3) is 0 Å². The first-order chi connectivity index (χ1) is 6.07. The van der Waals surface area contributed by atoms with Crippen LogP contribution in [0.1, 0.15) is 25.7 Å². The van der Waals surface area contributed by atoms with E-state index in [4.69, 9.17) is 0 Å². The van der Waals surface area contributed by atoms with Gasteiger partial charge in [-0.3, -0.25) is 0 Å². The molecule has 2 fully saturated rings. The van der Waals surface area contributed by atoms with Crippen molar-refractivity contribution < 1.29 is 13.2 Å². The van der Waals surface area contributed by atoms with Gasteiger partial charge in [0.15, 0.2) is 0 Å². The van der Waals surface area contributed by atoms with Crippen LogP contribution in [0.4, 0.5) is 13.2 Å². The first-order valence-corrected chi connectivity index (χ1v) is 4.87. The molecule has 0 amide bonds. The van der Waals surface area contributed by atoms with Crippen LogP contribution >= 0.6 is 0 Å². The molecule has 0 bridgehead atoms. The predicted octanol–water partition coefficient (Wildman–Crippen LogP) is 2.33. The maximum Gasteiger partial charge on any atom is 0.391 e. The van der Waals surface area contributed by atoms with Crippen molar-refractivity contribution in [2.45, 2.75) is 37.9 Å². The van der Waals surface area contributed by atoms with Crippen LogP contribution in [0, 0.1) is 11.8 Å². The number of hydrogen-bond acceptors (Lipinski definition) is 1. The van der Waals surface area contributed by atoms with Gasteiger partial charge in [0.1, 0.15) is 0 Å². The summed E-state index contributed by atoms with van der Waals surface area (Å²) >= 11 is 0. The van der Waals surface area contributed by atoms with Crippen molar-refractivity contribution in [2.24, 2.45) is 11.8 Å². The molecule has 1 heterocycles. The van der Waals surface area contributed by atoms with Crippen molar-refractivity contribution in [1.29, 1.82) is 0 Å². The van der Waals surface area contributed by atoms with Crippen LogP contribution in [0.2, 0.25) is 0 Å². The Morgan fingerprint density at radius 3 is 2.54 bits per heavy atom. The third kappa shape index (κ3) is 1.82. The fourth-order valence-electron chi connectivity index (χ4n) is 2.58. The van der Waals surface area contributed by atoms with E-state index in [2.05, 4.69) is 5.32 Å². The lowest BCUT2D eigenvalue weighted by molar-refractivity contribution is -0.185. The Balaban J connectivity index is 1.97. The third-order valence-electron chi connectivity index (χ3n) is 3.38. The Morgan fingerprint density at radius 1 is 1.08 bits per heavy atom. The molecule has 1 aliphatic carbocycles. The Bertz CT molecular complexity index is 190. The lowest BCUT2D eigenvalue weighted by atomic mass is 9.79. The number of alkyl halides is 3. The Kier molecular flexibility index (Phi) is 2.26. The van der Waals surface area contributed by atoms with E-state index < -0.39 is 12.1 Å². The zero-order chi connectivity index (χ0) is 9.47. The normalized spacial score (nSPS) is 40.4. The Labute approximate surface area is 75.7 Å². The average Bonchev–Trinajstić information content (AvgIpc) is 2.47. The summed E-state index contributed by atoms with van der Waals surface area (Å²) in [7, 11) is 0. The van der Waals surface area contributed by atoms with E-state index in [1.165, 1.54) is 0 Å². The Hall–Kier alpha value is -0.250. The molecule has 3 atom stereocenters. The van der Waals surface area contributed by atoms with Crippen molar-refractivity contribution in [3.63, 3.8) is 0 Å². The molecule has 1 N–H and O–H groups in total. The van der Waals surface area contributed by atoms with Gasteiger partial charge in [0.05, 0.1) is 5.92 Å². The first-order valence-electron chi connectivity index (χ1n) is 4.87. The molecule has 2 aliphatic rings. The fraction of sp³-hybridized carbons (Fsp3) is 1.00. The molecule has 1 aliphatic heterocycles. The van der Waals surface area contributed by atoms with Crippen LogP contribution in [-0.2, 0) is 0 Å². The molecule has 0 spiro atoms. The molecule has 0 aromatic rings. The molecule has 0 aromatic heterocycles. The zero-order valence-electron chi connectivity index (χ0n) is 7.40. The number of nitrogens with one attached hydrogen (secondary N) is 1. The number of halogens is 3. The Morgan fingerprint density at radius 2 is 1.85 bits per heavy atom. The van der Waals surface area contributed by atoms with Gasteiger partial charge in [0, 0.05) is 6.04 Å². The van der Waals surface area contributed by atoms with E-state index in [0.29, 0.717) is 18.8 Å². The number of hydrogen-bond donors (Lipinski definition) is 1. The van der Waals surface area contributed by atoms with E-state index in [1.54, 1.807) is 0 Å². The summed E-state index contributed by atoms with van der Waals surface area (Å²) in [6, 6.07) is 0.139. The van der Waals surface area contributed by atoms with E-state index >= 15 is 0 Å².